The van der Waals surface area contributed by atoms with Crippen molar-refractivity contribution in [1.82, 2.24) is 0 Å². The number of hydrogen-bond donors (Lipinski definition) is 3. The first kappa shape index (κ1) is 17.1. The molecule has 7 heteroatoms. The number of nitrogens with one attached hydrogen (secondary N) is 3. The van der Waals surface area contributed by atoms with Gasteiger partial charge in [0.2, 0.25) is 11.8 Å². The number of benzene rings is 2. The highest BCUT2D eigenvalue weighted by Crippen LogP contribution is 2.37. The van der Waals surface area contributed by atoms with Crippen molar-refractivity contribution in [1.29, 1.82) is 0 Å². The predicted molar refractivity (Wildman–Crippen MR) is 104 cm³/mol. The van der Waals surface area contributed by atoms with Crippen molar-refractivity contribution in [2.45, 2.75) is 25.8 Å². The Morgan fingerprint density at radius 3 is 2.48 bits per heavy atom. The molecule has 4 rings (SSSR count). The second kappa shape index (κ2) is 6.75. The van der Waals surface area contributed by atoms with Gasteiger partial charge in [-0.1, -0.05) is 0 Å². The minimum atomic E-state index is -0.261. The Balaban J connectivity index is 1.50. The number of fused-ring (bicyclic) bond motifs is 3. The summed E-state index contributed by atoms with van der Waals surface area (Å²) in [6.07, 6.45) is 1.86. The Hall–Kier alpha value is -3.35. The van der Waals surface area contributed by atoms with Crippen LogP contribution in [0.15, 0.2) is 42.5 Å². The Morgan fingerprint density at radius 2 is 1.78 bits per heavy atom. The van der Waals surface area contributed by atoms with E-state index in [1.165, 1.54) is 6.92 Å². The molecule has 3 N–H and O–H groups in total. The van der Waals surface area contributed by atoms with E-state index in [2.05, 4.69) is 20.9 Å². The zero-order valence-corrected chi connectivity index (χ0v) is 14.9. The predicted octanol–water partition coefficient (Wildman–Crippen LogP) is 2.82. The third-order valence-electron chi connectivity index (χ3n) is 4.84. The number of carbonyl (C=O) groups excluding carboxylic acids is 3. The molecular formula is C20H20N4O3. The van der Waals surface area contributed by atoms with E-state index in [4.69, 9.17) is 0 Å². The van der Waals surface area contributed by atoms with Crippen LogP contribution in [-0.2, 0) is 9.59 Å². The van der Waals surface area contributed by atoms with Crippen molar-refractivity contribution < 1.29 is 14.4 Å². The Morgan fingerprint density at radius 1 is 1.07 bits per heavy atom. The lowest BCUT2D eigenvalue weighted by Gasteiger charge is -2.33. The van der Waals surface area contributed by atoms with Crippen LogP contribution in [-0.4, -0.2) is 30.3 Å². The number of carbonyl (C=O) groups is 3. The third-order valence-corrected chi connectivity index (χ3v) is 4.84. The SMILES string of the molecule is CC(=O)Nc1ccc(NC(=O)c2ccc3c(c2)NC(=O)[C@@H]2CCCN32)cc1. The monoisotopic (exact) mass is 364 g/mol. The second-order valence-corrected chi connectivity index (χ2v) is 6.79. The molecule has 7 nitrogen and oxygen atoms in total. The summed E-state index contributed by atoms with van der Waals surface area (Å²) in [4.78, 5) is 38.0. The zero-order valence-electron chi connectivity index (χ0n) is 14.9. The first-order valence-electron chi connectivity index (χ1n) is 8.92. The number of anilines is 4. The molecule has 27 heavy (non-hydrogen) atoms. The standard InChI is InChI=1S/C20H20N4O3/c1-12(25)21-14-5-7-15(8-6-14)22-19(26)13-4-9-17-16(11-13)23-20(27)18-3-2-10-24(17)18/h4-9,11,18H,2-3,10H2,1H3,(H,21,25)(H,22,26)(H,23,27)/t18-/m0/s1. The number of rotatable bonds is 3. The molecule has 138 valence electrons. The van der Waals surface area contributed by atoms with Gasteiger partial charge in [-0.25, -0.2) is 0 Å². The van der Waals surface area contributed by atoms with Gasteiger partial charge in [0.1, 0.15) is 6.04 Å². The highest BCUT2D eigenvalue weighted by Gasteiger charge is 2.36. The van der Waals surface area contributed by atoms with Crippen LogP contribution in [0.2, 0.25) is 0 Å². The van der Waals surface area contributed by atoms with E-state index in [1.807, 2.05) is 6.07 Å². The molecule has 0 saturated carbocycles. The summed E-state index contributed by atoms with van der Waals surface area (Å²) in [7, 11) is 0. The molecule has 3 amide bonds. The quantitative estimate of drug-likeness (QED) is 0.781. The van der Waals surface area contributed by atoms with Crippen LogP contribution in [0, 0.1) is 0 Å². The van der Waals surface area contributed by atoms with Crippen LogP contribution in [0.1, 0.15) is 30.1 Å². The Labute approximate surface area is 156 Å². The molecule has 2 heterocycles. The van der Waals surface area contributed by atoms with E-state index in [9.17, 15) is 14.4 Å². The molecule has 2 aliphatic heterocycles. The zero-order chi connectivity index (χ0) is 19.0. The number of nitrogens with zero attached hydrogens (tertiary/aromatic N) is 1. The first-order valence-corrected chi connectivity index (χ1v) is 8.92. The molecule has 2 aromatic carbocycles. The van der Waals surface area contributed by atoms with Crippen molar-refractivity contribution in [3.8, 4) is 0 Å². The molecule has 0 radical (unpaired) electrons. The largest absolute Gasteiger partial charge is 0.358 e. The van der Waals surface area contributed by atoms with E-state index < -0.39 is 0 Å². The highest BCUT2D eigenvalue weighted by atomic mass is 16.2. The van der Waals surface area contributed by atoms with Gasteiger partial charge < -0.3 is 20.9 Å². The molecule has 1 saturated heterocycles. The van der Waals surface area contributed by atoms with Crippen LogP contribution < -0.4 is 20.9 Å². The summed E-state index contributed by atoms with van der Waals surface area (Å²) in [5.41, 5.74) is 3.39. The molecule has 0 unspecified atom stereocenters. The van der Waals surface area contributed by atoms with Crippen molar-refractivity contribution in [3.05, 3.63) is 48.0 Å². The Kier molecular flexibility index (Phi) is 4.27. The van der Waals surface area contributed by atoms with Gasteiger partial charge in [-0.15, -0.1) is 0 Å². The molecule has 0 aromatic heterocycles. The van der Waals surface area contributed by atoms with Crippen LogP contribution in [0.5, 0.6) is 0 Å². The maximum Gasteiger partial charge on any atom is 0.255 e. The van der Waals surface area contributed by atoms with Gasteiger partial charge in [-0.05, 0) is 55.3 Å². The lowest BCUT2D eigenvalue weighted by Crippen LogP contribution is -2.43. The lowest BCUT2D eigenvalue weighted by molar-refractivity contribution is -0.117. The topological polar surface area (TPSA) is 90.5 Å². The Bertz CT molecular complexity index is 923. The maximum absolute atomic E-state index is 12.6. The normalized spacial score (nSPS) is 17.6. The fourth-order valence-corrected chi connectivity index (χ4v) is 3.61. The van der Waals surface area contributed by atoms with E-state index in [-0.39, 0.29) is 23.8 Å². The third kappa shape index (κ3) is 3.36. The van der Waals surface area contributed by atoms with E-state index in [0.717, 1.165) is 25.1 Å². The van der Waals surface area contributed by atoms with Crippen molar-refractivity contribution in [3.63, 3.8) is 0 Å². The second-order valence-electron chi connectivity index (χ2n) is 6.79. The van der Waals surface area contributed by atoms with Crippen LogP contribution in [0.25, 0.3) is 0 Å². The van der Waals surface area contributed by atoms with Gasteiger partial charge in [0.05, 0.1) is 11.4 Å². The molecular weight excluding hydrogens is 344 g/mol. The molecule has 1 fully saturated rings. The van der Waals surface area contributed by atoms with Gasteiger partial charge in [-0.2, -0.15) is 0 Å². The van der Waals surface area contributed by atoms with Gasteiger partial charge >= 0.3 is 0 Å². The smallest absolute Gasteiger partial charge is 0.255 e. The minimum absolute atomic E-state index is 0.00822. The summed E-state index contributed by atoms with van der Waals surface area (Å²) in [5.74, 6) is -0.419. The molecule has 0 spiro atoms. The summed E-state index contributed by atoms with van der Waals surface area (Å²) in [5, 5.41) is 8.42. The highest BCUT2D eigenvalue weighted by molar-refractivity contribution is 6.09. The fraction of sp³-hybridized carbons (Fsp3) is 0.250. The van der Waals surface area contributed by atoms with Crippen molar-refractivity contribution in [2.24, 2.45) is 0 Å². The first-order chi connectivity index (χ1) is 13.0. The van der Waals surface area contributed by atoms with Crippen LogP contribution in [0.3, 0.4) is 0 Å². The van der Waals surface area contributed by atoms with Crippen molar-refractivity contribution >= 4 is 40.5 Å². The summed E-state index contributed by atoms with van der Waals surface area (Å²) in [6.45, 7) is 2.30. The summed E-state index contributed by atoms with van der Waals surface area (Å²) in [6, 6.07) is 12.2. The molecule has 2 aliphatic rings. The molecule has 0 aliphatic carbocycles. The number of amides is 3. The van der Waals surface area contributed by atoms with Crippen molar-refractivity contribution in [2.75, 3.05) is 27.4 Å². The minimum Gasteiger partial charge on any atom is -0.358 e. The molecule has 1 atom stereocenters. The van der Waals surface area contributed by atoms with Crippen LogP contribution in [0.4, 0.5) is 22.7 Å². The van der Waals surface area contributed by atoms with Gasteiger partial charge in [0.15, 0.2) is 0 Å². The maximum atomic E-state index is 12.6. The van der Waals surface area contributed by atoms with Crippen LogP contribution >= 0.6 is 0 Å². The molecule has 2 aromatic rings. The summed E-state index contributed by atoms with van der Waals surface area (Å²) >= 11 is 0. The fourth-order valence-electron chi connectivity index (χ4n) is 3.61. The van der Waals surface area contributed by atoms with Gasteiger partial charge in [0, 0.05) is 30.4 Å². The average Bonchev–Trinajstić information content (AvgIpc) is 3.13. The van der Waals surface area contributed by atoms with E-state index in [1.54, 1.807) is 36.4 Å². The van der Waals surface area contributed by atoms with E-state index >= 15 is 0 Å². The average molecular weight is 364 g/mol. The summed E-state index contributed by atoms with van der Waals surface area (Å²) < 4.78 is 0. The molecule has 0 bridgehead atoms. The number of hydrogen-bond acceptors (Lipinski definition) is 4. The van der Waals surface area contributed by atoms with Gasteiger partial charge in [0.25, 0.3) is 5.91 Å². The lowest BCUT2D eigenvalue weighted by atomic mass is 10.1. The van der Waals surface area contributed by atoms with E-state index in [0.29, 0.717) is 22.6 Å². The van der Waals surface area contributed by atoms with Gasteiger partial charge in [-0.3, -0.25) is 14.4 Å².